The van der Waals surface area contributed by atoms with E-state index in [2.05, 4.69) is 4.72 Å². The Morgan fingerprint density at radius 3 is 2.30 bits per heavy atom. The van der Waals surface area contributed by atoms with Crippen LogP contribution in [-0.2, 0) is 15.8 Å². The van der Waals surface area contributed by atoms with E-state index < -0.39 is 15.7 Å². The van der Waals surface area contributed by atoms with Crippen molar-refractivity contribution in [2.75, 3.05) is 7.11 Å². The molecule has 0 aromatic heterocycles. The summed E-state index contributed by atoms with van der Waals surface area (Å²) in [6.45, 7) is 5.66. The van der Waals surface area contributed by atoms with Gasteiger partial charge in [-0.2, -0.15) is 0 Å². The highest BCUT2D eigenvalue weighted by atomic mass is 35.5. The molecule has 4 nitrogen and oxygen atoms in total. The Morgan fingerprint density at radius 1 is 1.10 bits per heavy atom. The fourth-order valence-corrected chi connectivity index (χ4v) is 3.98. The zero-order chi connectivity index (χ0) is 21.9. The molecule has 1 N–H and O–H groups in total. The molecule has 2 atom stereocenters. The maximum absolute atomic E-state index is 13.1. The molecule has 0 saturated carbocycles. The first kappa shape index (κ1) is 22.3. The molecule has 6 heteroatoms. The number of carbonyl (C=O) groups is 1. The fourth-order valence-electron chi connectivity index (χ4n) is 3.27. The summed E-state index contributed by atoms with van der Waals surface area (Å²) in [5.41, 5.74) is 3.51. The van der Waals surface area contributed by atoms with Crippen molar-refractivity contribution in [3.63, 3.8) is 0 Å². The largest absolute Gasteiger partial charge is 0.497 e. The van der Waals surface area contributed by atoms with E-state index in [-0.39, 0.29) is 11.7 Å². The molecule has 0 saturated heterocycles. The Kier molecular flexibility index (Phi) is 6.84. The number of nitrogens with one attached hydrogen (secondary N) is 1. The monoisotopic (exact) mass is 443 g/mol. The predicted octanol–water partition coefficient (Wildman–Crippen LogP) is 5.42. The molecule has 0 heterocycles. The van der Waals surface area contributed by atoms with Gasteiger partial charge in [0.25, 0.3) is 0 Å². The number of halogens is 1. The molecule has 3 rings (SSSR count). The van der Waals surface area contributed by atoms with Gasteiger partial charge < -0.3 is 9.46 Å². The zero-order valence-electron chi connectivity index (χ0n) is 17.6. The summed E-state index contributed by atoms with van der Waals surface area (Å²) in [6.07, 6.45) is 3.93. The molecule has 158 valence electrons. The summed E-state index contributed by atoms with van der Waals surface area (Å²) < 4.78 is 20.2. The summed E-state index contributed by atoms with van der Waals surface area (Å²) in [5.74, 6) is 0.501. The van der Waals surface area contributed by atoms with E-state index in [4.69, 9.17) is 16.3 Å². The highest BCUT2D eigenvalue weighted by Gasteiger charge is 2.29. The van der Waals surface area contributed by atoms with Crippen molar-refractivity contribution in [3.8, 4) is 5.75 Å². The smallest absolute Gasteiger partial charge is 0.184 e. The highest BCUT2D eigenvalue weighted by molar-refractivity contribution is 7.84. The number of hydrogen-bond acceptors (Lipinski definition) is 3. The van der Waals surface area contributed by atoms with Gasteiger partial charge in [0.2, 0.25) is 0 Å². The Labute approximate surface area is 185 Å². The van der Waals surface area contributed by atoms with Crippen molar-refractivity contribution in [1.29, 1.82) is 0 Å². The van der Waals surface area contributed by atoms with Crippen LogP contribution in [0.3, 0.4) is 0 Å². The van der Waals surface area contributed by atoms with Gasteiger partial charge in [0.1, 0.15) is 16.7 Å². The van der Waals surface area contributed by atoms with Crippen LogP contribution >= 0.6 is 11.6 Å². The van der Waals surface area contributed by atoms with Crippen LogP contribution in [0.25, 0.3) is 5.57 Å². The molecule has 1 aliphatic carbocycles. The van der Waals surface area contributed by atoms with Crippen LogP contribution < -0.4 is 9.46 Å². The van der Waals surface area contributed by atoms with Crippen molar-refractivity contribution < 1.29 is 13.7 Å². The van der Waals surface area contributed by atoms with Crippen molar-refractivity contribution in [2.24, 2.45) is 0 Å². The predicted molar refractivity (Wildman–Crippen MR) is 124 cm³/mol. The van der Waals surface area contributed by atoms with E-state index >= 15 is 0 Å². The first-order chi connectivity index (χ1) is 14.2. The van der Waals surface area contributed by atoms with Gasteiger partial charge in [-0.15, -0.1) is 0 Å². The van der Waals surface area contributed by atoms with E-state index in [1.807, 2.05) is 69.3 Å². The third kappa shape index (κ3) is 5.21. The fraction of sp³-hybridized carbons (Fsp3) is 0.292. The van der Waals surface area contributed by atoms with Crippen LogP contribution in [0.15, 0.2) is 66.4 Å². The quantitative estimate of drug-likeness (QED) is 0.627. The summed E-state index contributed by atoms with van der Waals surface area (Å²) in [5, 5.41) is 0.655. The van der Waals surface area contributed by atoms with Crippen LogP contribution in [-0.4, -0.2) is 21.8 Å². The van der Waals surface area contributed by atoms with Crippen LogP contribution in [0, 0.1) is 0 Å². The molecular formula is C24H26ClNO3S. The van der Waals surface area contributed by atoms with Gasteiger partial charge in [-0.1, -0.05) is 35.9 Å². The van der Waals surface area contributed by atoms with E-state index in [9.17, 15) is 9.00 Å². The van der Waals surface area contributed by atoms with Crippen molar-refractivity contribution >= 4 is 33.9 Å². The lowest BCUT2D eigenvalue weighted by atomic mass is 9.78. The second kappa shape index (κ2) is 9.19. The number of ketones is 1. The molecular weight excluding hydrogens is 418 g/mol. The van der Waals surface area contributed by atoms with E-state index in [0.29, 0.717) is 17.0 Å². The standard InChI is InChI=1S/C24H26ClNO3S/c1-24(2,3)30(28)26-15-22-21(17-7-11-20(29-4)12-8-17)13-18(14-23(22)27)16-5-9-19(25)10-6-16/h5-12,14-15,21,26H,13H2,1-4H3/b22-15+/t21-,30?/m1/s1. The molecule has 0 amide bonds. The van der Waals surface area contributed by atoms with Crippen LogP contribution in [0.1, 0.15) is 44.2 Å². The summed E-state index contributed by atoms with van der Waals surface area (Å²) >= 11 is 6.02. The number of ether oxygens (including phenoxy) is 1. The molecule has 0 spiro atoms. The lowest BCUT2D eigenvalue weighted by Crippen LogP contribution is -2.31. The first-order valence-electron chi connectivity index (χ1n) is 9.72. The average molecular weight is 444 g/mol. The Balaban J connectivity index is 2.00. The maximum atomic E-state index is 13.1. The number of allylic oxidation sites excluding steroid dienone is 3. The Hall–Kier alpha value is -2.37. The van der Waals surface area contributed by atoms with E-state index in [0.717, 1.165) is 22.4 Å². The van der Waals surface area contributed by atoms with Gasteiger partial charge >= 0.3 is 0 Å². The number of hydrogen-bond donors (Lipinski definition) is 1. The second-order valence-electron chi connectivity index (χ2n) is 8.17. The number of rotatable bonds is 5. The Morgan fingerprint density at radius 2 is 1.73 bits per heavy atom. The summed E-state index contributed by atoms with van der Waals surface area (Å²) in [6, 6.07) is 15.2. The van der Waals surface area contributed by atoms with E-state index in [1.54, 1.807) is 19.4 Å². The molecule has 2 aromatic carbocycles. The Bertz CT molecular complexity index is 1000. The van der Waals surface area contributed by atoms with Crippen LogP contribution in [0.4, 0.5) is 0 Å². The minimum Gasteiger partial charge on any atom is -0.497 e. The molecule has 0 radical (unpaired) electrons. The van der Waals surface area contributed by atoms with Gasteiger partial charge in [0.15, 0.2) is 5.78 Å². The summed E-state index contributed by atoms with van der Waals surface area (Å²) in [4.78, 5) is 13.1. The molecule has 30 heavy (non-hydrogen) atoms. The van der Waals surface area contributed by atoms with Gasteiger partial charge in [-0.25, -0.2) is 4.21 Å². The topological polar surface area (TPSA) is 55.4 Å². The average Bonchev–Trinajstić information content (AvgIpc) is 2.72. The number of methoxy groups -OCH3 is 1. The minimum absolute atomic E-state index is 0.0922. The molecule has 2 aromatic rings. The SMILES string of the molecule is COc1ccc([C@H]2CC(c3ccc(Cl)cc3)=CC(=O)/C2=C/NS(=O)C(C)(C)C)cc1. The van der Waals surface area contributed by atoms with Crippen LogP contribution in [0.5, 0.6) is 5.75 Å². The van der Waals surface area contributed by atoms with Crippen molar-refractivity contribution in [1.82, 2.24) is 4.72 Å². The normalized spacial score (nSPS) is 19.4. The zero-order valence-corrected chi connectivity index (χ0v) is 19.1. The molecule has 0 aliphatic heterocycles. The lowest BCUT2D eigenvalue weighted by Gasteiger charge is -2.26. The van der Waals surface area contributed by atoms with Gasteiger partial charge in [0, 0.05) is 22.7 Å². The van der Waals surface area contributed by atoms with Gasteiger partial charge in [0.05, 0.1) is 11.9 Å². The maximum Gasteiger partial charge on any atom is 0.184 e. The number of benzene rings is 2. The first-order valence-corrected chi connectivity index (χ1v) is 11.2. The van der Waals surface area contributed by atoms with E-state index in [1.165, 1.54) is 0 Å². The van der Waals surface area contributed by atoms with Crippen molar-refractivity contribution in [2.45, 2.75) is 37.9 Å². The van der Waals surface area contributed by atoms with Crippen LogP contribution in [0.2, 0.25) is 5.02 Å². The third-order valence-corrected chi connectivity index (χ3v) is 6.70. The number of carbonyl (C=O) groups excluding carboxylic acids is 1. The second-order valence-corrected chi connectivity index (χ2v) is 10.6. The molecule has 1 aliphatic rings. The molecule has 0 fully saturated rings. The minimum atomic E-state index is -1.31. The molecule has 1 unspecified atom stereocenters. The third-order valence-electron chi connectivity index (χ3n) is 5.00. The van der Waals surface area contributed by atoms with Gasteiger partial charge in [-0.3, -0.25) is 4.79 Å². The lowest BCUT2D eigenvalue weighted by molar-refractivity contribution is -0.111. The summed E-state index contributed by atoms with van der Waals surface area (Å²) in [7, 11) is 0.311. The van der Waals surface area contributed by atoms with Crippen molar-refractivity contribution in [3.05, 3.63) is 82.5 Å². The van der Waals surface area contributed by atoms with Gasteiger partial charge in [-0.05, 0) is 74.2 Å². The highest BCUT2D eigenvalue weighted by Crippen LogP contribution is 2.39. The molecule has 0 bridgehead atoms.